The topological polar surface area (TPSA) is 70.3 Å². The third-order valence-electron chi connectivity index (χ3n) is 3.70. The fourth-order valence-electron chi connectivity index (χ4n) is 2.56. The average Bonchev–Trinajstić information content (AvgIpc) is 2.64. The summed E-state index contributed by atoms with van der Waals surface area (Å²) >= 11 is 0. The summed E-state index contributed by atoms with van der Waals surface area (Å²) in [5.74, 6) is 2.44. The summed E-state index contributed by atoms with van der Waals surface area (Å²) in [7, 11) is 0. The van der Waals surface area contributed by atoms with E-state index in [1.165, 1.54) is 0 Å². The van der Waals surface area contributed by atoms with E-state index in [1.807, 2.05) is 62.4 Å². The van der Waals surface area contributed by atoms with E-state index in [0.29, 0.717) is 36.4 Å². The highest BCUT2D eigenvalue weighted by Gasteiger charge is 2.12. The van der Waals surface area contributed by atoms with Crippen LogP contribution >= 0.6 is 0 Å². The first-order chi connectivity index (χ1) is 12.2. The Labute approximate surface area is 147 Å². The summed E-state index contributed by atoms with van der Waals surface area (Å²) in [5, 5.41) is 0. The van der Waals surface area contributed by atoms with Crippen LogP contribution in [0.4, 0.5) is 5.82 Å². The zero-order valence-corrected chi connectivity index (χ0v) is 14.4. The Balaban J connectivity index is 1.97. The van der Waals surface area contributed by atoms with Gasteiger partial charge in [0.2, 0.25) is 0 Å². The zero-order valence-electron chi connectivity index (χ0n) is 14.4. The monoisotopic (exact) mass is 335 g/mol. The molecule has 0 unspecified atom stereocenters. The largest absolute Gasteiger partial charge is 0.490 e. The van der Waals surface area contributed by atoms with Crippen molar-refractivity contribution in [1.29, 1.82) is 0 Å². The molecule has 0 saturated heterocycles. The van der Waals surface area contributed by atoms with Gasteiger partial charge in [-0.15, -0.1) is 0 Å². The van der Waals surface area contributed by atoms with E-state index in [4.69, 9.17) is 15.2 Å². The van der Waals surface area contributed by atoms with Gasteiger partial charge in [0, 0.05) is 17.3 Å². The van der Waals surface area contributed by atoms with E-state index in [2.05, 4.69) is 9.97 Å². The van der Waals surface area contributed by atoms with Gasteiger partial charge in [0.25, 0.3) is 0 Å². The summed E-state index contributed by atoms with van der Waals surface area (Å²) < 4.78 is 11.3. The van der Waals surface area contributed by atoms with Gasteiger partial charge < -0.3 is 15.2 Å². The maximum Gasteiger partial charge on any atom is 0.161 e. The molecule has 3 aromatic rings. The number of benzene rings is 2. The summed E-state index contributed by atoms with van der Waals surface area (Å²) in [5.41, 5.74) is 8.78. The number of rotatable bonds is 6. The lowest BCUT2D eigenvalue weighted by atomic mass is 10.1. The molecular weight excluding hydrogens is 314 g/mol. The van der Waals surface area contributed by atoms with Gasteiger partial charge in [-0.05, 0) is 31.5 Å². The first kappa shape index (κ1) is 16.8. The van der Waals surface area contributed by atoms with Gasteiger partial charge in [-0.1, -0.05) is 36.4 Å². The van der Waals surface area contributed by atoms with E-state index in [1.54, 1.807) is 6.20 Å². The van der Waals surface area contributed by atoms with Crippen LogP contribution < -0.4 is 15.2 Å². The van der Waals surface area contributed by atoms with Crippen molar-refractivity contribution in [2.45, 2.75) is 13.8 Å². The highest BCUT2D eigenvalue weighted by molar-refractivity contribution is 5.76. The maximum absolute atomic E-state index is 6.19. The van der Waals surface area contributed by atoms with E-state index in [-0.39, 0.29) is 0 Å². The van der Waals surface area contributed by atoms with Crippen molar-refractivity contribution >= 4 is 5.82 Å². The number of ether oxygens (including phenoxy) is 2. The molecule has 3 rings (SSSR count). The SMILES string of the molecule is CCOc1ccc(-c2cnc(-c3ccccc3)nc2N)cc1OCC. The first-order valence-electron chi connectivity index (χ1n) is 8.30. The predicted octanol–water partition coefficient (Wildman–Crippen LogP) is 4.19. The minimum Gasteiger partial charge on any atom is -0.490 e. The number of nitrogens with zero attached hydrogens (tertiary/aromatic N) is 2. The lowest BCUT2D eigenvalue weighted by Crippen LogP contribution is -2.01. The molecule has 128 valence electrons. The molecule has 25 heavy (non-hydrogen) atoms. The van der Waals surface area contributed by atoms with Gasteiger partial charge in [0.15, 0.2) is 17.3 Å². The van der Waals surface area contributed by atoms with E-state index in [9.17, 15) is 0 Å². The van der Waals surface area contributed by atoms with Crippen LogP contribution in [-0.2, 0) is 0 Å². The highest BCUT2D eigenvalue weighted by Crippen LogP contribution is 2.34. The Kier molecular flexibility index (Phi) is 5.14. The van der Waals surface area contributed by atoms with Crippen molar-refractivity contribution in [3.05, 3.63) is 54.7 Å². The Bertz CT molecular complexity index is 851. The van der Waals surface area contributed by atoms with Crippen molar-refractivity contribution in [3.8, 4) is 34.0 Å². The second-order valence-corrected chi connectivity index (χ2v) is 5.39. The smallest absolute Gasteiger partial charge is 0.161 e. The predicted molar refractivity (Wildman–Crippen MR) is 99.7 cm³/mol. The third-order valence-corrected chi connectivity index (χ3v) is 3.70. The van der Waals surface area contributed by atoms with Crippen LogP contribution in [-0.4, -0.2) is 23.2 Å². The van der Waals surface area contributed by atoms with Gasteiger partial charge >= 0.3 is 0 Å². The summed E-state index contributed by atoms with van der Waals surface area (Å²) in [4.78, 5) is 8.91. The highest BCUT2D eigenvalue weighted by atomic mass is 16.5. The minimum atomic E-state index is 0.431. The molecule has 0 aliphatic rings. The molecule has 0 amide bonds. The minimum absolute atomic E-state index is 0.431. The molecule has 2 N–H and O–H groups in total. The van der Waals surface area contributed by atoms with Crippen molar-refractivity contribution in [2.75, 3.05) is 18.9 Å². The van der Waals surface area contributed by atoms with Crippen LogP contribution in [0, 0.1) is 0 Å². The summed E-state index contributed by atoms with van der Waals surface area (Å²) in [6.07, 6.45) is 1.75. The molecule has 0 radical (unpaired) electrons. The lowest BCUT2D eigenvalue weighted by Gasteiger charge is -2.13. The average molecular weight is 335 g/mol. The van der Waals surface area contributed by atoms with Crippen molar-refractivity contribution in [2.24, 2.45) is 0 Å². The van der Waals surface area contributed by atoms with Crippen molar-refractivity contribution < 1.29 is 9.47 Å². The molecule has 1 aromatic heterocycles. The zero-order chi connectivity index (χ0) is 17.6. The maximum atomic E-state index is 6.19. The molecule has 0 atom stereocenters. The normalized spacial score (nSPS) is 10.5. The Morgan fingerprint density at radius 1 is 0.880 bits per heavy atom. The molecule has 0 aliphatic heterocycles. The number of hydrogen-bond donors (Lipinski definition) is 1. The molecular formula is C20H21N3O2. The second kappa shape index (κ2) is 7.66. The van der Waals surface area contributed by atoms with Gasteiger partial charge in [-0.2, -0.15) is 0 Å². The Morgan fingerprint density at radius 3 is 2.28 bits per heavy atom. The Morgan fingerprint density at radius 2 is 1.60 bits per heavy atom. The number of nitrogens with two attached hydrogens (primary N) is 1. The molecule has 5 nitrogen and oxygen atoms in total. The van der Waals surface area contributed by atoms with Crippen LogP contribution in [0.5, 0.6) is 11.5 Å². The first-order valence-corrected chi connectivity index (χ1v) is 8.30. The summed E-state index contributed by atoms with van der Waals surface area (Å²) in [6.45, 7) is 5.02. The van der Waals surface area contributed by atoms with Crippen molar-refractivity contribution in [1.82, 2.24) is 9.97 Å². The van der Waals surface area contributed by atoms with E-state index in [0.717, 1.165) is 16.7 Å². The van der Waals surface area contributed by atoms with Crippen LogP contribution in [0.25, 0.3) is 22.5 Å². The third kappa shape index (κ3) is 3.71. The van der Waals surface area contributed by atoms with Crippen LogP contribution in [0.1, 0.15) is 13.8 Å². The fraction of sp³-hybridized carbons (Fsp3) is 0.200. The fourth-order valence-corrected chi connectivity index (χ4v) is 2.56. The molecule has 2 aromatic carbocycles. The van der Waals surface area contributed by atoms with E-state index >= 15 is 0 Å². The van der Waals surface area contributed by atoms with Crippen molar-refractivity contribution in [3.63, 3.8) is 0 Å². The number of nitrogen functional groups attached to an aromatic ring is 1. The van der Waals surface area contributed by atoms with Gasteiger partial charge in [0.05, 0.1) is 13.2 Å². The number of hydrogen-bond acceptors (Lipinski definition) is 5. The van der Waals surface area contributed by atoms with E-state index < -0.39 is 0 Å². The molecule has 5 heteroatoms. The number of anilines is 1. The molecule has 0 fully saturated rings. The second-order valence-electron chi connectivity index (χ2n) is 5.39. The standard InChI is InChI=1S/C20H21N3O2/c1-3-24-17-11-10-15(12-18(17)25-4-2)16-13-22-20(23-19(16)21)14-8-6-5-7-9-14/h5-13H,3-4H2,1-2H3,(H2,21,22,23). The molecule has 0 spiro atoms. The lowest BCUT2D eigenvalue weighted by molar-refractivity contribution is 0.288. The van der Waals surface area contributed by atoms with Gasteiger partial charge in [0.1, 0.15) is 5.82 Å². The molecule has 1 heterocycles. The Hall–Kier alpha value is -3.08. The molecule has 0 saturated carbocycles. The van der Waals surface area contributed by atoms with Gasteiger partial charge in [-0.25, -0.2) is 9.97 Å². The number of aromatic nitrogens is 2. The van der Waals surface area contributed by atoms with Crippen LogP contribution in [0.2, 0.25) is 0 Å². The molecule has 0 aliphatic carbocycles. The summed E-state index contributed by atoms with van der Waals surface area (Å²) in [6, 6.07) is 15.5. The van der Waals surface area contributed by atoms with Crippen LogP contribution in [0.3, 0.4) is 0 Å². The van der Waals surface area contributed by atoms with Gasteiger partial charge in [-0.3, -0.25) is 0 Å². The molecule has 0 bridgehead atoms. The van der Waals surface area contributed by atoms with Crippen LogP contribution in [0.15, 0.2) is 54.7 Å². The quantitative estimate of drug-likeness (QED) is 0.731.